The number of hydrogen-bond donors (Lipinski definition) is 2. The fourth-order valence-electron chi connectivity index (χ4n) is 3.29. The summed E-state index contributed by atoms with van der Waals surface area (Å²) in [7, 11) is 3.76. The van der Waals surface area contributed by atoms with Crippen molar-refractivity contribution in [2.45, 2.75) is 52.0 Å². The molecule has 0 atom stereocenters. The Bertz CT molecular complexity index is 566. The zero-order chi connectivity index (χ0) is 18.1. The van der Waals surface area contributed by atoms with Gasteiger partial charge >= 0.3 is 0 Å². The maximum atomic E-state index is 12.0. The summed E-state index contributed by atoms with van der Waals surface area (Å²) in [5, 5.41) is 9.46. The van der Waals surface area contributed by atoms with Gasteiger partial charge in [-0.25, -0.2) is 4.98 Å². The van der Waals surface area contributed by atoms with Gasteiger partial charge < -0.3 is 15.5 Å². The Hall–Kier alpha value is -1.63. The van der Waals surface area contributed by atoms with Gasteiger partial charge in [0.05, 0.1) is 17.2 Å². The van der Waals surface area contributed by atoms with Crippen molar-refractivity contribution in [2.75, 3.05) is 27.2 Å². The second kappa shape index (κ2) is 10.4. The van der Waals surface area contributed by atoms with Gasteiger partial charge in [0.2, 0.25) is 5.91 Å². The van der Waals surface area contributed by atoms with E-state index in [-0.39, 0.29) is 5.91 Å². The minimum Gasteiger partial charge on any atom is -0.354 e. The highest BCUT2D eigenvalue weighted by Gasteiger charge is 2.16. The highest BCUT2D eigenvalue weighted by Crippen LogP contribution is 2.25. The molecule has 0 aromatic carbocycles. The van der Waals surface area contributed by atoms with Crippen molar-refractivity contribution >= 4 is 23.2 Å². The van der Waals surface area contributed by atoms with Crippen molar-refractivity contribution in [1.29, 1.82) is 0 Å². The summed E-state index contributed by atoms with van der Waals surface area (Å²) in [6.45, 7) is 4.02. The summed E-state index contributed by atoms with van der Waals surface area (Å²) >= 11 is 1.66. The van der Waals surface area contributed by atoms with Crippen molar-refractivity contribution in [3.05, 3.63) is 16.1 Å². The van der Waals surface area contributed by atoms with Gasteiger partial charge in [-0.15, -0.1) is 11.3 Å². The lowest BCUT2D eigenvalue weighted by Crippen LogP contribution is -2.42. The fraction of sp³-hybridized carbons (Fsp3) is 0.722. The number of nitrogens with zero attached hydrogens (tertiary/aromatic N) is 3. The maximum Gasteiger partial charge on any atom is 0.220 e. The van der Waals surface area contributed by atoms with Crippen LogP contribution in [0.1, 0.15) is 49.2 Å². The summed E-state index contributed by atoms with van der Waals surface area (Å²) in [6.07, 6.45) is 6.98. The third-order valence-electron chi connectivity index (χ3n) is 4.57. The largest absolute Gasteiger partial charge is 0.354 e. The van der Waals surface area contributed by atoms with Crippen LogP contribution >= 0.6 is 11.3 Å². The molecule has 0 spiro atoms. The molecule has 1 fully saturated rings. The van der Waals surface area contributed by atoms with Crippen LogP contribution < -0.4 is 10.6 Å². The molecule has 25 heavy (non-hydrogen) atoms. The molecule has 1 aromatic rings. The predicted molar refractivity (Wildman–Crippen MR) is 104 cm³/mol. The van der Waals surface area contributed by atoms with E-state index in [9.17, 15) is 4.79 Å². The number of nitrogens with one attached hydrogen (secondary N) is 2. The van der Waals surface area contributed by atoms with Gasteiger partial charge in [-0.1, -0.05) is 19.3 Å². The first-order valence-corrected chi connectivity index (χ1v) is 10.1. The molecule has 6 nitrogen and oxygen atoms in total. The van der Waals surface area contributed by atoms with Crippen LogP contribution in [0, 0.1) is 12.8 Å². The SMILES string of the molecule is CN=C(NCCNC(=O)CC1CCCCC1)N(C)Cc1csc(C)n1. The Morgan fingerprint density at radius 2 is 2.04 bits per heavy atom. The van der Waals surface area contributed by atoms with Crippen molar-refractivity contribution in [3.8, 4) is 0 Å². The Balaban J connectivity index is 1.63. The highest BCUT2D eigenvalue weighted by molar-refractivity contribution is 7.09. The molecule has 0 aliphatic heterocycles. The molecule has 2 rings (SSSR count). The van der Waals surface area contributed by atoms with Crippen LogP contribution in [0.2, 0.25) is 0 Å². The van der Waals surface area contributed by atoms with Crippen LogP contribution in [-0.2, 0) is 11.3 Å². The van der Waals surface area contributed by atoms with E-state index >= 15 is 0 Å². The molecule has 1 aliphatic carbocycles. The van der Waals surface area contributed by atoms with E-state index in [0.29, 0.717) is 25.4 Å². The number of carbonyl (C=O) groups excluding carboxylic acids is 1. The molecule has 140 valence electrons. The molecule has 1 saturated carbocycles. The average Bonchev–Trinajstić information content (AvgIpc) is 3.00. The first kappa shape index (κ1) is 19.7. The summed E-state index contributed by atoms with van der Waals surface area (Å²) in [5.74, 6) is 1.57. The molecule has 0 bridgehead atoms. The summed E-state index contributed by atoms with van der Waals surface area (Å²) in [6, 6.07) is 0. The molecule has 0 saturated heterocycles. The topological polar surface area (TPSA) is 69.6 Å². The van der Waals surface area contributed by atoms with Gasteiger partial charge in [-0.2, -0.15) is 0 Å². The van der Waals surface area contributed by atoms with Crippen LogP contribution in [-0.4, -0.2) is 48.9 Å². The lowest BCUT2D eigenvalue weighted by Gasteiger charge is -2.22. The normalized spacial score (nSPS) is 15.9. The van der Waals surface area contributed by atoms with Gasteiger partial charge in [-0.05, 0) is 25.7 Å². The summed E-state index contributed by atoms with van der Waals surface area (Å²) in [5.41, 5.74) is 1.05. The molecule has 0 radical (unpaired) electrons. The van der Waals surface area contributed by atoms with E-state index in [1.807, 2.05) is 18.9 Å². The number of rotatable bonds is 7. The first-order valence-electron chi connectivity index (χ1n) is 9.18. The van der Waals surface area contributed by atoms with Crippen molar-refractivity contribution in [1.82, 2.24) is 20.5 Å². The molecular weight excluding hydrogens is 334 g/mol. The Morgan fingerprint density at radius 1 is 1.32 bits per heavy atom. The van der Waals surface area contributed by atoms with E-state index in [2.05, 4.69) is 26.0 Å². The molecule has 1 aliphatic rings. The van der Waals surface area contributed by atoms with Crippen LogP contribution in [0.25, 0.3) is 0 Å². The monoisotopic (exact) mass is 365 g/mol. The first-order chi connectivity index (χ1) is 12.1. The summed E-state index contributed by atoms with van der Waals surface area (Å²) in [4.78, 5) is 22.8. The number of carbonyl (C=O) groups is 1. The third kappa shape index (κ3) is 7.02. The minimum absolute atomic E-state index is 0.176. The second-order valence-electron chi connectivity index (χ2n) is 6.75. The lowest BCUT2D eigenvalue weighted by molar-refractivity contribution is -0.122. The number of thiazole rings is 1. The standard InChI is InChI=1S/C18H31N5OS/c1-14-22-16(13-25-14)12-23(3)18(19-2)21-10-9-20-17(24)11-15-7-5-4-6-8-15/h13,15H,4-12H2,1-3H3,(H,19,21)(H,20,24). The van der Waals surface area contributed by atoms with Gasteiger partial charge in [0.15, 0.2) is 5.96 Å². The number of hydrogen-bond acceptors (Lipinski definition) is 4. The van der Waals surface area contributed by atoms with E-state index in [1.165, 1.54) is 32.1 Å². The van der Waals surface area contributed by atoms with Crippen LogP contribution in [0.15, 0.2) is 10.4 Å². The van der Waals surface area contributed by atoms with Crippen molar-refractivity contribution in [2.24, 2.45) is 10.9 Å². The second-order valence-corrected chi connectivity index (χ2v) is 7.81. The van der Waals surface area contributed by atoms with E-state index in [0.717, 1.165) is 23.2 Å². The van der Waals surface area contributed by atoms with Crippen LogP contribution in [0.3, 0.4) is 0 Å². The molecule has 0 unspecified atom stereocenters. The van der Waals surface area contributed by atoms with Gasteiger partial charge in [0.25, 0.3) is 0 Å². The zero-order valence-corrected chi connectivity index (χ0v) is 16.5. The molecule has 1 amide bonds. The van der Waals surface area contributed by atoms with Gasteiger partial charge in [-0.3, -0.25) is 9.79 Å². The number of guanidine groups is 1. The minimum atomic E-state index is 0.176. The average molecular weight is 366 g/mol. The lowest BCUT2D eigenvalue weighted by atomic mass is 9.87. The summed E-state index contributed by atoms with van der Waals surface area (Å²) < 4.78 is 0. The number of aryl methyl sites for hydroxylation is 1. The molecule has 2 N–H and O–H groups in total. The molecule has 1 heterocycles. The molecule has 1 aromatic heterocycles. The number of aliphatic imine (C=N–C) groups is 1. The Labute approximate surface area is 155 Å². The predicted octanol–water partition coefficient (Wildman–Crippen LogP) is 2.55. The smallest absolute Gasteiger partial charge is 0.220 e. The van der Waals surface area contributed by atoms with E-state index in [1.54, 1.807) is 18.4 Å². The van der Waals surface area contributed by atoms with Gasteiger partial charge in [0.1, 0.15) is 0 Å². The Kier molecular flexibility index (Phi) is 8.18. The van der Waals surface area contributed by atoms with Crippen molar-refractivity contribution < 1.29 is 4.79 Å². The van der Waals surface area contributed by atoms with Crippen LogP contribution in [0.4, 0.5) is 0 Å². The molecule has 7 heteroatoms. The zero-order valence-electron chi connectivity index (χ0n) is 15.7. The number of aromatic nitrogens is 1. The van der Waals surface area contributed by atoms with Gasteiger partial charge in [0, 0.05) is 39.0 Å². The van der Waals surface area contributed by atoms with E-state index < -0.39 is 0 Å². The van der Waals surface area contributed by atoms with E-state index in [4.69, 9.17) is 0 Å². The van der Waals surface area contributed by atoms with Crippen molar-refractivity contribution in [3.63, 3.8) is 0 Å². The molecular formula is C18H31N5OS. The fourth-order valence-corrected chi connectivity index (χ4v) is 3.89. The van der Waals surface area contributed by atoms with Crippen LogP contribution in [0.5, 0.6) is 0 Å². The number of amides is 1. The highest BCUT2D eigenvalue weighted by atomic mass is 32.1. The quantitative estimate of drug-likeness (QED) is 0.443. The third-order valence-corrected chi connectivity index (χ3v) is 5.39. The maximum absolute atomic E-state index is 12.0. The Morgan fingerprint density at radius 3 is 2.68 bits per heavy atom.